The highest BCUT2D eigenvalue weighted by molar-refractivity contribution is 14.1. The van der Waals surface area contributed by atoms with E-state index in [2.05, 4.69) is 15.9 Å². The second kappa shape index (κ2) is 6.71. The van der Waals surface area contributed by atoms with Crippen molar-refractivity contribution in [2.24, 2.45) is 0 Å². The van der Waals surface area contributed by atoms with E-state index in [1.54, 1.807) is 10.8 Å². The summed E-state index contributed by atoms with van der Waals surface area (Å²) in [6.07, 6.45) is 2.48. The monoisotopic (exact) mass is 448 g/mol. The molecule has 0 unspecified atom stereocenters. The lowest BCUT2D eigenvalue weighted by atomic mass is 10.2. The van der Waals surface area contributed by atoms with E-state index in [1.807, 2.05) is 53.8 Å². The van der Waals surface area contributed by atoms with E-state index in [0.717, 1.165) is 16.5 Å². The molecule has 0 aliphatic carbocycles. The first-order valence-electron chi connectivity index (χ1n) is 6.27. The average molecular weight is 449 g/mol. The van der Waals surface area contributed by atoms with Crippen LogP contribution in [-0.4, -0.2) is 9.13 Å². The fourth-order valence-corrected chi connectivity index (χ4v) is 2.99. The molecule has 6 heteroatoms. The van der Waals surface area contributed by atoms with Crippen LogP contribution in [0.1, 0.15) is 18.9 Å². The Hall–Kier alpha value is -0.890. The van der Waals surface area contributed by atoms with Gasteiger partial charge in [-0.1, -0.05) is 41.1 Å². The molecule has 4 nitrogen and oxygen atoms in total. The highest BCUT2D eigenvalue weighted by Gasteiger charge is 2.11. The summed E-state index contributed by atoms with van der Waals surface area (Å²) in [4.78, 5) is 24.5. The number of aryl methyl sites for hydroxylation is 1. The fraction of sp³-hybridized carbons (Fsp3) is 0.286. The number of benzene rings is 1. The van der Waals surface area contributed by atoms with Gasteiger partial charge in [0, 0.05) is 17.2 Å². The molecule has 20 heavy (non-hydrogen) atoms. The first kappa shape index (κ1) is 15.5. The lowest BCUT2D eigenvalue weighted by Crippen LogP contribution is -2.41. The lowest BCUT2D eigenvalue weighted by Gasteiger charge is -2.11. The Bertz CT molecular complexity index is 737. The third-order valence-corrected chi connectivity index (χ3v) is 4.46. The zero-order chi connectivity index (χ0) is 14.7. The summed E-state index contributed by atoms with van der Waals surface area (Å²) in [6.45, 7) is 2.90. The summed E-state index contributed by atoms with van der Waals surface area (Å²) < 4.78 is 4.34. The Morgan fingerprint density at radius 2 is 1.95 bits per heavy atom. The smallest absolute Gasteiger partial charge is 0.299 e. The van der Waals surface area contributed by atoms with Crippen LogP contribution in [0, 0.1) is 3.57 Å². The average Bonchev–Trinajstić information content (AvgIpc) is 2.43. The third kappa shape index (κ3) is 3.22. The maximum atomic E-state index is 12.4. The van der Waals surface area contributed by atoms with Crippen molar-refractivity contribution in [1.82, 2.24) is 9.13 Å². The van der Waals surface area contributed by atoms with Gasteiger partial charge in [-0.25, -0.2) is 4.79 Å². The van der Waals surface area contributed by atoms with Crippen molar-refractivity contribution in [2.75, 3.05) is 0 Å². The number of hydrogen-bond donors (Lipinski definition) is 0. The van der Waals surface area contributed by atoms with Gasteiger partial charge in [0.25, 0.3) is 5.56 Å². The molecule has 0 amide bonds. The number of nitrogens with zero attached hydrogens (tertiary/aromatic N) is 2. The van der Waals surface area contributed by atoms with Crippen molar-refractivity contribution in [3.63, 3.8) is 0 Å². The van der Waals surface area contributed by atoms with Crippen molar-refractivity contribution in [1.29, 1.82) is 0 Å². The molecular weight excluding hydrogens is 435 g/mol. The molecule has 1 aromatic heterocycles. The third-order valence-electron chi connectivity index (χ3n) is 2.95. The Morgan fingerprint density at radius 3 is 2.60 bits per heavy atom. The molecule has 1 heterocycles. The van der Waals surface area contributed by atoms with Gasteiger partial charge >= 0.3 is 5.69 Å². The van der Waals surface area contributed by atoms with Gasteiger partial charge in [-0.05, 0) is 40.6 Å². The summed E-state index contributed by atoms with van der Waals surface area (Å²) >= 11 is 5.42. The fourth-order valence-electron chi connectivity index (χ4n) is 1.96. The molecule has 1 aromatic carbocycles. The lowest BCUT2D eigenvalue weighted by molar-refractivity contribution is 0.566. The number of aromatic nitrogens is 2. The summed E-state index contributed by atoms with van der Waals surface area (Å²) in [5.41, 5.74) is 0.420. The van der Waals surface area contributed by atoms with Crippen LogP contribution in [-0.2, 0) is 13.1 Å². The number of hydrogen-bond acceptors (Lipinski definition) is 2. The van der Waals surface area contributed by atoms with Crippen LogP contribution in [0.4, 0.5) is 0 Å². The van der Waals surface area contributed by atoms with Crippen LogP contribution in [0.5, 0.6) is 0 Å². The van der Waals surface area contributed by atoms with E-state index < -0.39 is 0 Å². The second-order valence-electron chi connectivity index (χ2n) is 4.44. The van der Waals surface area contributed by atoms with Gasteiger partial charge in [0.2, 0.25) is 0 Å². The molecule has 0 N–H and O–H groups in total. The Morgan fingerprint density at radius 1 is 1.25 bits per heavy atom. The van der Waals surface area contributed by atoms with Crippen LogP contribution < -0.4 is 11.2 Å². The highest BCUT2D eigenvalue weighted by atomic mass is 127. The topological polar surface area (TPSA) is 44.0 Å². The van der Waals surface area contributed by atoms with Crippen molar-refractivity contribution in [3.8, 4) is 0 Å². The van der Waals surface area contributed by atoms with Gasteiger partial charge in [-0.3, -0.25) is 13.9 Å². The van der Waals surface area contributed by atoms with Crippen molar-refractivity contribution in [3.05, 3.63) is 64.9 Å². The molecule has 0 saturated heterocycles. The van der Waals surface area contributed by atoms with Crippen LogP contribution in [0.15, 0.2) is 44.5 Å². The van der Waals surface area contributed by atoms with Crippen molar-refractivity contribution in [2.45, 2.75) is 26.4 Å². The molecule has 0 spiro atoms. The van der Waals surface area contributed by atoms with Gasteiger partial charge in [0.1, 0.15) is 0 Å². The Kier molecular flexibility index (Phi) is 5.20. The molecule has 0 atom stereocenters. The van der Waals surface area contributed by atoms with E-state index in [1.165, 1.54) is 4.57 Å². The van der Waals surface area contributed by atoms with Crippen LogP contribution in [0.2, 0.25) is 0 Å². The van der Waals surface area contributed by atoms with Gasteiger partial charge in [-0.15, -0.1) is 0 Å². The van der Waals surface area contributed by atoms with Gasteiger partial charge in [-0.2, -0.15) is 0 Å². The minimum Gasteiger partial charge on any atom is -0.299 e. The summed E-state index contributed by atoms with van der Waals surface area (Å²) in [6, 6.07) is 7.60. The Labute approximate surface area is 138 Å². The maximum Gasteiger partial charge on any atom is 0.331 e. The predicted octanol–water partition coefficient (Wildman–Crippen LogP) is 2.84. The SMILES string of the molecule is CCCn1cc(I)c(=O)n(Cc2ccccc2Br)c1=O. The van der Waals surface area contributed by atoms with E-state index in [9.17, 15) is 9.59 Å². The van der Waals surface area contributed by atoms with E-state index >= 15 is 0 Å². The van der Waals surface area contributed by atoms with Crippen molar-refractivity contribution >= 4 is 38.5 Å². The quantitative estimate of drug-likeness (QED) is 0.675. The molecular formula is C14H14BrIN2O2. The molecule has 0 aliphatic rings. The Balaban J connectivity index is 2.54. The first-order valence-corrected chi connectivity index (χ1v) is 8.15. The maximum absolute atomic E-state index is 12.4. The van der Waals surface area contributed by atoms with Gasteiger partial charge in [0.15, 0.2) is 0 Å². The standard InChI is InChI=1S/C14H14BrIN2O2/c1-2-7-17-9-12(16)13(19)18(14(17)20)8-10-5-3-4-6-11(10)15/h3-6,9H,2,7-8H2,1H3. The molecule has 0 fully saturated rings. The van der Waals surface area contributed by atoms with E-state index in [4.69, 9.17) is 0 Å². The second-order valence-corrected chi connectivity index (χ2v) is 6.45. The minimum atomic E-state index is -0.256. The molecule has 0 bridgehead atoms. The molecule has 106 valence electrons. The van der Waals surface area contributed by atoms with Gasteiger partial charge in [0.05, 0.1) is 10.1 Å². The van der Waals surface area contributed by atoms with Crippen LogP contribution in [0.3, 0.4) is 0 Å². The molecule has 0 radical (unpaired) electrons. The molecule has 2 rings (SSSR count). The summed E-state index contributed by atoms with van der Waals surface area (Å²) in [7, 11) is 0. The molecule has 2 aromatic rings. The normalized spacial score (nSPS) is 10.8. The summed E-state index contributed by atoms with van der Waals surface area (Å²) in [5, 5.41) is 0. The van der Waals surface area contributed by atoms with Crippen LogP contribution >= 0.6 is 38.5 Å². The molecule has 0 aliphatic heterocycles. The van der Waals surface area contributed by atoms with Crippen LogP contribution in [0.25, 0.3) is 0 Å². The van der Waals surface area contributed by atoms with Crippen molar-refractivity contribution < 1.29 is 0 Å². The number of halogens is 2. The largest absolute Gasteiger partial charge is 0.331 e. The number of rotatable bonds is 4. The molecule has 0 saturated carbocycles. The van der Waals surface area contributed by atoms with E-state index in [0.29, 0.717) is 10.1 Å². The first-order chi connectivity index (χ1) is 9.54. The zero-order valence-electron chi connectivity index (χ0n) is 11.0. The predicted molar refractivity (Wildman–Crippen MR) is 91.2 cm³/mol. The van der Waals surface area contributed by atoms with Gasteiger partial charge < -0.3 is 0 Å². The summed E-state index contributed by atoms with van der Waals surface area (Å²) in [5.74, 6) is 0. The minimum absolute atomic E-state index is 0.237. The van der Waals surface area contributed by atoms with E-state index in [-0.39, 0.29) is 17.8 Å². The zero-order valence-corrected chi connectivity index (χ0v) is 14.7. The highest BCUT2D eigenvalue weighted by Crippen LogP contribution is 2.16.